The fraction of sp³-hybridized carbons (Fsp3) is 0.500. The third-order valence-electron chi connectivity index (χ3n) is 2.32. The Kier molecular flexibility index (Phi) is 6.02. The van der Waals surface area contributed by atoms with Crippen LogP contribution < -0.4 is 5.32 Å². The molecule has 0 fully saturated rings. The van der Waals surface area contributed by atoms with Crippen LogP contribution in [0.25, 0.3) is 0 Å². The fourth-order valence-electron chi connectivity index (χ4n) is 1.47. The molecular formula is C12H16BrF2NO. The highest BCUT2D eigenvalue weighted by Crippen LogP contribution is 2.21. The van der Waals surface area contributed by atoms with Crippen LogP contribution in [0.15, 0.2) is 16.6 Å². The van der Waals surface area contributed by atoms with Gasteiger partial charge in [0.1, 0.15) is 11.6 Å². The van der Waals surface area contributed by atoms with Crippen molar-refractivity contribution in [3.8, 4) is 0 Å². The zero-order chi connectivity index (χ0) is 12.8. The van der Waals surface area contributed by atoms with E-state index in [0.717, 1.165) is 0 Å². The molecule has 1 rings (SSSR count). The molecule has 1 atom stereocenters. The second-order valence-electron chi connectivity index (χ2n) is 3.72. The minimum atomic E-state index is -0.554. The van der Waals surface area contributed by atoms with E-state index >= 15 is 0 Å². The zero-order valence-corrected chi connectivity index (χ0v) is 11.5. The Balaban J connectivity index is 2.55. The summed E-state index contributed by atoms with van der Waals surface area (Å²) in [6, 6.07) is 2.60. The lowest BCUT2D eigenvalue weighted by molar-refractivity contribution is 0.0758. The van der Waals surface area contributed by atoms with Crippen LogP contribution in [0.4, 0.5) is 8.78 Å². The number of rotatable bonds is 6. The van der Waals surface area contributed by atoms with Gasteiger partial charge >= 0.3 is 0 Å². The molecule has 17 heavy (non-hydrogen) atoms. The van der Waals surface area contributed by atoms with Gasteiger partial charge in [0, 0.05) is 25.3 Å². The first-order valence-electron chi connectivity index (χ1n) is 5.51. The number of halogens is 3. The van der Waals surface area contributed by atoms with Crippen molar-refractivity contribution in [2.45, 2.75) is 26.5 Å². The average molecular weight is 308 g/mol. The molecule has 1 unspecified atom stereocenters. The number of nitrogens with one attached hydrogen (secondary N) is 1. The van der Waals surface area contributed by atoms with Gasteiger partial charge in [-0.3, -0.25) is 0 Å². The summed E-state index contributed by atoms with van der Waals surface area (Å²) in [5, 5.41) is 2.97. The van der Waals surface area contributed by atoms with Crippen LogP contribution in [0, 0.1) is 11.6 Å². The van der Waals surface area contributed by atoms with Crippen LogP contribution in [0.5, 0.6) is 0 Å². The van der Waals surface area contributed by atoms with E-state index in [1.54, 1.807) is 0 Å². The Morgan fingerprint density at radius 3 is 2.76 bits per heavy atom. The molecule has 1 aromatic rings. The van der Waals surface area contributed by atoms with E-state index in [-0.39, 0.29) is 22.7 Å². The monoisotopic (exact) mass is 307 g/mol. The van der Waals surface area contributed by atoms with Crippen LogP contribution in [0.1, 0.15) is 19.4 Å². The molecular weight excluding hydrogens is 292 g/mol. The molecule has 0 saturated heterocycles. The Labute approximate surface area is 108 Å². The number of hydrogen-bond acceptors (Lipinski definition) is 2. The van der Waals surface area contributed by atoms with Crippen molar-refractivity contribution >= 4 is 15.9 Å². The van der Waals surface area contributed by atoms with Crippen molar-refractivity contribution in [3.05, 3.63) is 33.8 Å². The lowest BCUT2D eigenvalue weighted by Crippen LogP contribution is -2.27. The van der Waals surface area contributed by atoms with Gasteiger partial charge in [0.05, 0.1) is 10.6 Å². The van der Waals surface area contributed by atoms with E-state index in [0.29, 0.717) is 13.2 Å². The van der Waals surface area contributed by atoms with E-state index in [4.69, 9.17) is 4.74 Å². The molecule has 0 saturated carbocycles. The van der Waals surface area contributed by atoms with E-state index in [9.17, 15) is 8.78 Å². The maximum absolute atomic E-state index is 13.6. The van der Waals surface area contributed by atoms with Crippen LogP contribution in [-0.4, -0.2) is 19.3 Å². The van der Waals surface area contributed by atoms with Crippen molar-refractivity contribution < 1.29 is 13.5 Å². The average Bonchev–Trinajstić information content (AvgIpc) is 2.29. The summed E-state index contributed by atoms with van der Waals surface area (Å²) in [5.41, 5.74) is 0.0445. The first kappa shape index (κ1) is 14.5. The Hall–Kier alpha value is -0.520. The molecule has 0 aliphatic heterocycles. The highest BCUT2D eigenvalue weighted by Gasteiger charge is 2.12. The van der Waals surface area contributed by atoms with Crippen LogP contribution in [-0.2, 0) is 11.3 Å². The highest BCUT2D eigenvalue weighted by atomic mass is 79.9. The van der Waals surface area contributed by atoms with Gasteiger partial charge in [0.2, 0.25) is 0 Å². The first-order valence-corrected chi connectivity index (χ1v) is 6.30. The molecule has 0 radical (unpaired) electrons. The normalized spacial score (nSPS) is 12.8. The third-order valence-corrected chi connectivity index (χ3v) is 2.94. The Bertz CT molecular complexity index is 374. The SMILES string of the molecule is CCOC(C)CNCc1c(F)ccc(Br)c1F. The molecule has 0 aromatic heterocycles. The molecule has 1 N–H and O–H groups in total. The lowest BCUT2D eigenvalue weighted by atomic mass is 10.2. The minimum Gasteiger partial charge on any atom is -0.377 e. The van der Waals surface area contributed by atoms with E-state index in [1.165, 1.54) is 12.1 Å². The predicted molar refractivity (Wildman–Crippen MR) is 66.9 cm³/mol. The molecule has 2 nitrogen and oxygen atoms in total. The van der Waals surface area contributed by atoms with Crippen LogP contribution in [0.3, 0.4) is 0 Å². The first-order chi connectivity index (χ1) is 8.06. The highest BCUT2D eigenvalue weighted by molar-refractivity contribution is 9.10. The number of benzene rings is 1. The summed E-state index contributed by atoms with van der Waals surface area (Å²) >= 11 is 3.03. The number of hydrogen-bond donors (Lipinski definition) is 1. The van der Waals surface area contributed by atoms with Crippen molar-refractivity contribution in [1.29, 1.82) is 0 Å². The number of ether oxygens (including phenoxy) is 1. The molecule has 0 aliphatic rings. The standard InChI is InChI=1S/C12H16BrF2NO/c1-3-17-8(2)6-16-7-9-11(14)5-4-10(13)12(9)15/h4-5,8,16H,3,6-7H2,1-2H3. The van der Waals surface area contributed by atoms with E-state index in [1.807, 2.05) is 13.8 Å². The van der Waals surface area contributed by atoms with Gasteiger partial charge in [-0.15, -0.1) is 0 Å². The zero-order valence-electron chi connectivity index (χ0n) is 9.90. The summed E-state index contributed by atoms with van der Waals surface area (Å²) in [6.07, 6.45) is 0.0262. The largest absolute Gasteiger partial charge is 0.377 e. The van der Waals surface area contributed by atoms with Gasteiger partial charge in [0.15, 0.2) is 0 Å². The Morgan fingerprint density at radius 2 is 2.12 bits per heavy atom. The second-order valence-corrected chi connectivity index (χ2v) is 4.57. The molecule has 0 spiro atoms. The molecule has 0 heterocycles. The smallest absolute Gasteiger partial charge is 0.144 e. The third kappa shape index (κ3) is 4.33. The van der Waals surface area contributed by atoms with Crippen LogP contribution >= 0.6 is 15.9 Å². The summed E-state index contributed by atoms with van der Waals surface area (Å²) in [5.74, 6) is -1.09. The molecule has 96 valence electrons. The molecule has 0 amide bonds. The quantitative estimate of drug-likeness (QED) is 0.815. The van der Waals surface area contributed by atoms with Crippen molar-refractivity contribution in [1.82, 2.24) is 5.32 Å². The summed E-state index contributed by atoms with van der Waals surface area (Å²) in [6.45, 7) is 5.14. The maximum Gasteiger partial charge on any atom is 0.144 e. The van der Waals surface area contributed by atoms with Gasteiger partial charge < -0.3 is 10.1 Å². The van der Waals surface area contributed by atoms with Crippen LogP contribution in [0.2, 0.25) is 0 Å². The summed E-state index contributed by atoms with van der Waals surface area (Å²) < 4.78 is 32.5. The fourth-order valence-corrected chi connectivity index (χ4v) is 1.85. The van der Waals surface area contributed by atoms with Crippen molar-refractivity contribution in [2.24, 2.45) is 0 Å². The van der Waals surface area contributed by atoms with E-state index in [2.05, 4.69) is 21.2 Å². The van der Waals surface area contributed by atoms with Gasteiger partial charge in [-0.05, 0) is 41.9 Å². The predicted octanol–water partition coefficient (Wildman–Crippen LogP) is 3.24. The topological polar surface area (TPSA) is 21.3 Å². The van der Waals surface area contributed by atoms with E-state index < -0.39 is 11.6 Å². The minimum absolute atomic E-state index is 0.0262. The summed E-state index contributed by atoms with van der Waals surface area (Å²) in [4.78, 5) is 0. The van der Waals surface area contributed by atoms with Crippen molar-refractivity contribution in [2.75, 3.05) is 13.2 Å². The molecule has 1 aromatic carbocycles. The lowest BCUT2D eigenvalue weighted by Gasteiger charge is -2.13. The van der Waals surface area contributed by atoms with Crippen molar-refractivity contribution in [3.63, 3.8) is 0 Å². The van der Waals surface area contributed by atoms with Gasteiger partial charge in [-0.25, -0.2) is 8.78 Å². The van der Waals surface area contributed by atoms with Gasteiger partial charge in [-0.2, -0.15) is 0 Å². The maximum atomic E-state index is 13.6. The Morgan fingerprint density at radius 1 is 1.41 bits per heavy atom. The molecule has 0 aliphatic carbocycles. The van der Waals surface area contributed by atoms with Gasteiger partial charge in [-0.1, -0.05) is 0 Å². The second kappa shape index (κ2) is 7.03. The molecule has 0 bridgehead atoms. The molecule has 5 heteroatoms. The van der Waals surface area contributed by atoms with Gasteiger partial charge in [0.25, 0.3) is 0 Å². The summed E-state index contributed by atoms with van der Waals surface area (Å²) in [7, 11) is 0.